The van der Waals surface area contributed by atoms with Crippen molar-refractivity contribution in [1.82, 2.24) is 9.97 Å². The lowest BCUT2D eigenvalue weighted by molar-refractivity contribution is 0.241. The molecule has 0 bridgehead atoms. The van der Waals surface area contributed by atoms with E-state index in [4.69, 9.17) is 5.73 Å². The van der Waals surface area contributed by atoms with Crippen molar-refractivity contribution in [3.05, 3.63) is 12.3 Å². The predicted molar refractivity (Wildman–Crippen MR) is 68.8 cm³/mol. The maximum Gasteiger partial charge on any atom is 0.227 e. The molecule has 0 aromatic carbocycles. The van der Waals surface area contributed by atoms with Gasteiger partial charge in [0.1, 0.15) is 5.82 Å². The summed E-state index contributed by atoms with van der Waals surface area (Å²) in [5.41, 5.74) is 5.76. The number of nitrogen functional groups attached to an aromatic ring is 1. The van der Waals surface area contributed by atoms with Crippen molar-refractivity contribution in [2.75, 3.05) is 17.2 Å². The number of nitrogens with two attached hydrogens (primary N) is 1. The van der Waals surface area contributed by atoms with Crippen LogP contribution in [0.25, 0.3) is 0 Å². The first kappa shape index (κ1) is 10.8. The maximum absolute atomic E-state index is 5.76. The zero-order chi connectivity index (χ0) is 11.7. The lowest BCUT2D eigenvalue weighted by atomic mass is 9.78. The van der Waals surface area contributed by atoms with Gasteiger partial charge >= 0.3 is 0 Å². The van der Waals surface area contributed by atoms with E-state index >= 15 is 0 Å². The van der Waals surface area contributed by atoms with E-state index in [0.29, 0.717) is 11.9 Å². The molecule has 1 aromatic heterocycles. The minimum absolute atomic E-state index is 0.577. The van der Waals surface area contributed by atoms with Gasteiger partial charge in [-0.3, -0.25) is 0 Å². The molecule has 0 radical (unpaired) electrons. The lowest BCUT2D eigenvalue weighted by Gasteiger charge is -2.44. The Morgan fingerprint density at radius 1 is 1.18 bits per heavy atom. The first-order valence-corrected chi connectivity index (χ1v) is 6.70. The molecule has 4 nitrogen and oxygen atoms in total. The highest BCUT2D eigenvalue weighted by molar-refractivity contribution is 5.39. The van der Waals surface area contributed by atoms with E-state index in [0.717, 1.165) is 18.4 Å². The van der Waals surface area contributed by atoms with E-state index in [1.54, 1.807) is 12.3 Å². The van der Waals surface area contributed by atoms with Gasteiger partial charge in [-0.05, 0) is 37.7 Å². The van der Waals surface area contributed by atoms with Gasteiger partial charge in [0, 0.05) is 18.8 Å². The first-order valence-electron chi connectivity index (χ1n) is 6.70. The third kappa shape index (κ3) is 2.08. The number of fused-ring (bicyclic) bond motifs is 1. The van der Waals surface area contributed by atoms with Gasteiger partial charge in [0.15, 0.2) is 0 Å². The summed E-state index contributed by atoms with van der Waals surface area (Å²) in [4.78, 5) is 11.2. The smallest absolute Gasteiger partial charge is 0.227 e. The Bertz CT molecular complexity index is 391. The molecule has 3 rings (SSSR count). The second-order valence-electron chi connectivity index (χ2n) is 5.23. The van der Waals surface area contributed by atoms with Crippen LogP contribution in [0.5, 0.6) is 0 Å². The molecule has 1 saturated carbocycles. The molecule has 1 aliphatic heterocycles. The molecule has 17 heavy (non-hydrogen) atoms. The summed E-state index contributed by atoms with van der Waals surface area (Å²) in [7, 11) is 0. The van der Waals surface area contributed by atoms with Gasteiger partial charge in [-0.25, -0.2) is 4.98 Å². The standard InChI is InChI=1S/C13H20N4/c14-12-7-8-15-13(16-12)17-9-3-5-10-4-1-2-6-11(10)17/h7-8,10-11H,1-6,9H2,(H2,14,15,16). The molecule has 92 valence electrons. The minimum atomic E-state index is 0.577. The highest BCUT2D eigenvalue weighted by Gasteiger charge is 2.34. The van der Waals surface area contributed by atoms with E-state index in [1.165, 1.54) is 38.5 Å². The molecule has 2 N–H and O–H groups in total. The SMILES string of the molecule is Nc1ccnc(N2CCCC3CCCCC32)n1. The summed E-state index contributed by atoms with van der Waals surface area (Å²) in [6, 6.07) is 2.41. The Kier molecular flexibility index (Phi) is 2.87. The fourth-order valence-corrected chi connectivity index (χ4v) is 3.37. The van der Waals surface area contributed by atoms with Gasteiger partial charge in [0.2, 0.25) is 5.95 Å². The van der Waals surface area contributed by atoms with Crippen molar-refractivity contribution in [1.29, 1.82) is 0 Å². The number of rotatable bonds is 1. The van der Waals surface area contributed by atoms with Gasteiger partial charge in [0.05, 0.1) is 0 Å². The summed E-state index contributed by atoms with van der Waals surface area (Å²) in [6.07, 6.45) is 9.83. The van der Waals surface area contributed by atoms with Gasteiger partial charge < -0.3 is 10.6 Å². The number of hydrogen-bond acceptors (Lipinski definition) is 4. The normalized spacial score (nSPS) is 28.8. The average Bonchev–Trinajstić information content (AvgIpc) is 2.38. The van der Waals surface area contributed by atoms with Crippen LogP contribution in [0.2, 0.25) is 0 Å². The zero-order valence-electron chi connectivity index (χ0n) is 10.2. The van der Waals surface area contributed by atoms with E-state index in [2.05, 4.69) is 14.9 Å². The number of hydrogen-bond donors (Lipinski definition) is 1. The molecular weight excluding hydrogens is 212 g/mol. The third-order valence-electron chi connectivity index (χ3n) is 4.16. The van der Waals surface area contributed by atoms with Gasteiger partial charge in [-0.2, -0.15) is 4.98 Å². The second-order valence-corrected chi connectivity index (χ2v) is 5.23. The van der Waals surface area contributed by atoms with E-state index in [9.17, 15) is 0 Å². The fraction of sp³-hybridized carbons (Fsp3) is 0.692. The quantitative estimate of drug-likeness (QED) is 0.806. The topological polar surface area (TPSA) is 55.0 Å². The van der Waals surface area contributed by atoms with Crippen molar-refractivity contribution in [2.45, 2.75) is 44.6 Å². The van der Waals surface area contributed by atoms with Crippen LogP contribution in [-0.4, -0.2) is 22.6 Å². The van der Waals surface area contributed by atoms with Crippen LogP contribution in [0.4, 0.5) is 11.8 Å². The second kappa shape index (κ2) is 4.51. The highest BCUT2D eigenvalue weighted by Crippen LogP contribution is 2.36. The van der Waals surface area contributed by atoms with Crippen LogP contribution in [0.1, 0.15) is 38.5 Å². The molecule has 0 amide bonds. The maximum atomic E-state index is 5.76. The number of piperidine rings is 1. The highest BCUT2D eigenvalue weighted by atomic mass is 15.3. The first-order chi connectivity index (χ1) is 8.34. The summed E-state index contributed by atoms with van der Waals surface area (Å²) in [6.45, 7) is 1.09. The minimum Gasteiger partial charge on any atom is -0.384 e. The van der Waals surface area contributed by atoms with Crippen molar-refractivity contribution in [3.63, 3.8) is 0 Å². The van der Waals surface area contributed by atoms with Crippen LogP contribution in [0.15, 0.2) is 12.3 Å². The molecule has 2 fully saturated rings. The van der Waals surface area contributed by atoms with Crippen LogP contribution in [-0.2, 0) is 0 Å². The zero-order valence-corrected chi connectivity index (χ0v) is 10.2. The summed E-state index contributed by atoms with van der Waals surface area (Å²) < 4.78 is 0. The van der Waals surface area contributed by atoms with Crippen molar-refractivity contribution in [2.24, 2.45) is 5.92 Å². The van der Waals surface area contributed by atoms with Gasteiger partial charge in [0.25, 0.3) is 0 Å². The Morgan fingerprint density at radius 2 is 2.00 bits per heavy atom. The number of nitrogens with zero attached hydrogens (tertiary/aromatic N) is 3. The largest absolute Gasteiger partial charge is 0.384 e. The Morgan fingerprint density at radius 3 is 2.88 bits per heavy atom. The van der Waals surface area contributed by atoms with Crippen LogP contribution < -0.4 is 10.6 Å². The van der Waals surface area contributed by atoms with E-state index in [-0.39, 0.29) is 0 Å². The molecule has 2 aliphatic rings. The molecule has 2 heterocycles. The van der Waals surface area contributed by atoms with Crippen molar-refractivity contribution < 1.29 is 0 Å². The van der Waals surface area contributed by atoms with E-state index in [1.807, 2.05) is 0 Å². The fourth-order valence-electron chi connectivity index (χ4n) is 3.37. The van der Waals surface area contributed by atoms with Gasteiger partial charge in [-0.1, -0.05) is 12.8 Å². The Hall–Kier alpha value is -1.32. The molecule has 1 aliphatic carbocycles. The molecule has 2 atom stereocenters. The van der Waals surface area contributed by atoms with Crippen molar-refractivity contribution >= 4 is 11.8 Å². The van der Waals surface area contributed by atoms with E-state index < -0.39 is 0 Å². The summed E-state index contributed by atoms with van der Waals surface area (Å²) in [5.74, 6) is 2.26. The molecule has 1 aromatic rings. The molecule has 4 heteroatoms. The Labute approximate surface area is 102 Å². The van der Waals surface area contributed by atoms with Crippen LogP contribution in [0, 0.1) is 5.92 Å². The Balaban J connectivity index is 1.85. The number of anilines is 2. The van der Waals surface area contributed by atoms with Gasteiger partial charge in [-0.15, -0.1) is 0 Å². The molecule has 1 saturated heterocycles. The third-order valence-corrected chi connectivity index (χ3v) is 4.16. The molecule has 0 spiro atoms. The van der Waals surface area contributed by atoms with Crippen LogP contribution >= 0.6 is 0 Å². The average molecular weight is 232 g/mol. The summed E-state index contributed by atoms with van der Waals surface area (Å²) >= 11 is 0. The molecular formula is C13H20N4. The monoisotopic (exact) mass is 232 g/mol. The predicted octanol–water partition coefficient (Wildman–Crippen LogP) is 2.22. The molecule has 2 unspecified atom stereocenters. The van der Waals surface area contributed by atoms with Crippen molar-refractivity contribution in [3.8, 4) is 0 Å². The summed E-state index contributed by atoms with van der Waals surface area (Å²) in [5, 5.41) is 0. The van der Waals surface area contributed by atoms with Crippen LogP contribution in [0.3, 0.4) is 0 Å². The lowest BCUT2D eigenvalue weighted by Crippen LogP contribution is -2.47. The number of aromatic nitrogens is 2.